The van der Waals surface area contributed by atoms with E-state index in [9.17, 15) is 14.4 Å². The number of ether oxygens (including phenoxy) is 1. The first-order valence-electron chi connectivity index (χ1n) is 6.36. The summed E-state index contributed by atoms with van der Waals surface area (Å²) in [5, 5.41) is 13.6. The van der Waals surface area contributed by atoms with Gasteiger partial charge in [0.25, 0.3) is 0 Å². The van der Waals surface area contributed by atoms with Crippen LogP contribution in [0.5, 0.6) is 5.75 Å². The van der Waals surface area contributed by atoms with Gasteiger partial charge in [-0.25, -0.2) is 4.79 Å². The summed E-state index contributed by atoms with van der Waals surface area (Å²) < 4.78 is 5.02. The lowest BCUT2D eigenvalue weighted by molar-refractivity contribution is -0.138. The molecule has 1 aromatic carbocycles. The SMILES string of the molecule is CNC(=O)Oc1cc(C)c(NC(=O)CCC(=O)O)c(C)c1. The number of benzene rings is 1. The fraction of sp³-hybridized carbons (Fsp3) is 0.357. The highest BCUT2D eigenvalue weighted by molar-refractivity contribution is 5.94. The maximum atomic E-state index is 11.7. The van der Waals surface area contributed by atoms with Crippen LogP contribution in [0.4, 0.5) is 10.5 Å². The summed E-state index contributed by atoms with van der Waals surface area (Å²) >= 11 is 0. The van der Waals surface area contributed by atoms with Gasteiger partial charge in [-0.15, -0.1) is 0 Å². The lowest BCUT2D eigenvalue weighted by atomic mass is 10.1. The van der Waals surface area contributed by atoms with Crippen LogP contribution in [-0.4, -0.2) is 30.1 Å². The molecule has 0 radical (unpaired) electrons. The molecular formula is C14H18N2O5. The van der Waals surface area contributed by atoms with Gasteiger partial charge < -0.3 is 20.5 Å². The number of nitrogens with one attached hydrogen (secondary N) is 2. The summed E-state index contributed by atoms with van der Waals surface area (Å²) in [6, 6.07) is 3.24. The molecule has 0 saturated heterocycles. The normalized spacial score (nSPS) is 9.86. The minimum atomic E-state index is -1.02. The van der Waals surface area contributed by atoms with Crippen molar-refractivity contribution in [1.29, 1.82) is 0 Å². The van der Waals surface area contributed by atoms with Gasteiger partial charge >= 0.3 is 12.1 Å². The molecule has 0 fully saturated rings. The molecule has 0 spiro atoms. The molecule has 2 amide bonds. The Morgan fingerprint density at radius 3 is 2.19 bits per heavy atom. The Bertz CT molecular complexity index is 545. The highest BCUT2D eigenvalue weighted by Gasteiger charge is 2.12. The van der Waals surface area contributed by atoms with Gasteiger partial charge in [0, 0.05) is 19.2 Å². The third-order valence-electron chi connectivity index (χ3n) is 2.75. The van der Waals surface area contributed by atoms with Gasteiger partial charge in [0.05, 0.1) is 6.42 Å². The highest BCUT2D eigenvalue weighted by atomic mass is 16.5. The number of aryl methyl sites for hydroxylation is 2. The van der Waals surface area contributed by atoms with E-state index < -0.39 is 12.1 Å². The fourth-order valence-electron chi connectivity index (χ4n) is 1.76. The highest BCUT2D eigenvalue weighted by Crippen LogP contribution is 2.26. The van der Waals surface area contributed by atoms with E-state index in [1.807, 2.05) is 0 Å². The molecule has 0 saturated carbocycles. The molecule has 7 heteroatoms. The van der Waals surface area contributed by atoms with Crippen molar-refractivity contribution in [3.05, 3.63) is 23.3 Å². The number of hydrogen-bond acceptors (Lipinski definition) is 4. The standard InChI is InChI=1S/C14H18N2O5/c1-8-6-10(21-14(20)15-3)7-9(2)13(8)16-11(17)4-5-12(18)19/h6-7H,4-5H2,1-3H3,(H,15,20)(H,16,17)(H,18,19). The molecule has 1 rings (SSSR count). The van der Waals surface area contributed by atoms with Crippen molar-refractivity contribution in [2.75, 3.05) is 12.4 Å². The molecule has 3 N–H and O–H groups in total. The van der Waals surface area contributed by atoms with Crippen molar-refractivity contribution in [1.82, 2.24) is 5.32 Å². The Balaban J connectivity index is 2.82. The molecule has 0 unspecified atom stereocenters. The molecule has 7 nitrogen and oxygen atoms in total. The van der Waals surface area contributed by atoms with E-state index in [4.69, 9.17) is 9.84 Å². The van der Waals surface area contributed by atoms with Crippen LogP contribution in [0.15, 0.2) is 12.1 Å². The smallest absolute Gasteiger partial charge is 0.412 e. The fourth-order valence-corrected chi connectivity index (χ4v) is 1.76. The number of carbonyl (C=O) groups excluding carboxylic acids is 2. The van der Waals surface area contributed by atoms with Crippen molar-refractivity contribution in [2.24, 2.45) is 0 Å². The van der Waals surface area contributed by atoms with Gasteiger partial charge in [-0.1, -0.05) is 0 Å². The molecule has 114 valence electrons. The van der Waals surface area contributed by atoms with Gasteiger partial charge in [-0.05, 0) is 37.1 Å². The molecule has 0 bridgehead atoms. The summed E-state index contributed by atoms with van der Waals surface area (Å²) in [5.74, 6) is -1.02. The third kappa shape index (κ3) is 5.13. The van der Waals surface area contributed by atoms with Gasteiger partial charge in [0.1, 0.15) is 5.75 Å². The van der Waals surface area contributed by atoms with Gasteiger partial charge in [0.2, 0.25) is 5.91 Å². The summed E-state index contributed by atoms with van der Waals surface area (Å²) in [6.45, 7) is 3.52. The molecule has 1 aromatic rings. The molecule has 21 heavy (non-hydrogen) atoms. The maximum absolute atomic E-state index is 11.7. The Hall–Kier alpha value is -2.57. The molecule has 0 aliphatic rings. The van der Waals surface area contributed by atoms with Crippen molar-refractivity contribution >= 4 is 23.7 Å². The summed E-state index contributed by atoms with van der Waals surface area (Å²) in [4.78, 5) is 33.2. The summed E-state index contributed by atoms with van der Waals surface area (Å²) in [7, 11) is 1.46. The van der Waals surface area contributed by atoms with Gasteiger partial charge in [-0.3, -0.25) is 9.59 Å². The van der Waals surface area contributed by atoms with E-state index in [0.717, 1.165) is 11.1 Å². The Labute approximate surface area is 122 Å². The average Bonchev–Trinajstić information content (AvgIpc) is 2.40. The third-order valence-corrected chi connectivity index (χ3v) is 2.75. The second kappa shape index (κ2) is 7.28. The largest absolute Gasteiger partial charge is 0.481 e. The van der Waals surface area contributed by atoms with E-state index in [0.29, 0.717) is 11.4 Å². The number of anilines is 1. The minimum absolute atomic E-state index is 0.0926. The first-order valence-corrected chi connectivity index (χ1v) is 6.36. The van der Waals surface area contributed by atoms with Crippen LogP contribution in [-0.2, 0) is 9.59 Å². The van der Waals surface area contributed by atoms with E-state index in [-0.39, 0.29) is 18.7 Å². The Morgan fingerprint density at radius 1 is 1.14 bits per heavy atom. The van der Waals surface area contributed by atoms with Crippen LogP contribution >= 0.6 is 0 Å². The monoisotopic (exact) mass is 294 g/mol. The van der Waals surface area contributed by atoms with E-state index >= 15 is 0 Å². The molecule has 0 atom stereocenters. The van der Waals surface area contributed by atoms with Crippen LogP contribution in [0.25, 0.3) is 0 Å². The number of hydrogen-bond donors (Lipinski definition) is 3. The maximum Gasteiger partial charge on any atom is 0.412 e. The zero-order chi connectivity index (χ0) is 16.0. The Kier molecular flexibility index (Phi) is 5.71. The first kappa shape index (κ1) is 16.5. The van der Waals surface area contributed by atoms with Crippen molar-refractivity contribution < 1.29 is 24.2 Å². The quantitative estimate of drug-likeness (QED) is 0.768. The predicted molar refractivity (Wildman–Crippen MR) is 76.5 cm³/mol. The Morgan fingerprint density at radius 2 is 1.71 bits per heavy atom. The van der Waals surface area contributed by atoms with Crippen LogP contribution < -0.4 is 15.4 Å². The second-order valence-corrected chi connectivity index (χ2v) is 4.51. The molecular weight excluding hydrogens is 276 g/mol. The minimum Gasteiger partial charge on any atom is -0.481 e. The molecule has 0 aromatic heterocycles. The molecule has 0 aliphatic heterocycles. The van der Waals surface area contributed by atoms with E-state index in [1.165, 1.54) is 7.05 Å². The predicted octanol–water partition coefficient (Wildman–Crippen LogP) is 1.82. The summed E-state index contributed by atoms with van der Waals surface area (Å²) in [6.07, 6.45) is -0.890. The van der Waals surface area contributed by atoms with Crippen LogP contribution in [0.2, 0.25) is 0 Å². The zero-order valence-electron chi connectivity index (χ0n) is 12.1. The van der Waals surface area contributed by atoms with Crippen molar-refractivity contribution in [3.63, 3.8) is 0 Å². The molecule has 0 aliphatic carbocycles. The zero-order valence-corrected chi connectivity index (χ0v) is 12.1. The van der Waals surface area contributed by atoms with Crippen LogP contribution in [0, 0.1) is 13.8 Å². The number of carboxylic acid groups (broad SMARTS) is 1. The van der Waals surface area contributed by atoms with Gasteiger partial charge in [-0.2, -0.15) is 0 Å². The lowest BCUT2D eigenvalue weighted by Gasteiger charge is -2.13. The number of carbonyl (C=O) groups is 3. The number of rotatable bonds is 5. The van der Waals surface area contributed by atoms with Crippen molar-refractivity contribution in [2.45, 2.75) is 26.7 Å². The van der Waals surface area contributed by atoms with Crippen LogP contribution in [0.1, 0.15) is 24.0 Å². The lowest BCUT2D eigenvalue weighted by Crippen LogP contribution is -2.22. The van der Waals surface area contributed by atoms with E-state index in [2.05, 4.69) is 10.6 Å². The van der Waals surface area contributed by atoms with Gasteiger partial charge in [0.15, 0.2) is 0 Å². The summed E-state index contributed by atoms with van der Waals surface area (Å²) in [5.41, 5.74) is 2.03. The average molecular weight is 294 g/mol. The number of aliphatic carboxylic acids is 1. The van der Waals surface area contributed by atoms with Crippen molar-refractivity contribution in [3.8, 4) is 5.75 Å². The topological polar surface area (TPSA) is 105 Å². The van der Waals surface area contributed by atoms with E-state index in [1.54, 1.807) is 26.0 Å². The van der Waals surface area contributed by atoms with Crippen LogP contribution in [0.3, 0.4) is 0 Å². The first-order chi connectivity index (χ1) is 9.83. The second-order valence-electron chi connectivity index (χ2n) is 4.51. The number of amides is 2. The number of carboxylic acids is 1. The molecule has 0 heterocycles.